The number of nitrogens with one attached hydrogen (secondary N) is 2. The van der Waals surface area contributed by atoms with Gasteiger partial charge in [0.05, 0.1) is 31.7 Å². The molecule has 0 aliphatic carbocycles. The van der Waals surface area contributed by atoms with E-state index in [0.717, 1.165) is 22.6 Å². The Morgan fingerprint density at radius 1 is 1.00 bits per heavy atom. The fraction of sp³-hybridized carbons (Fsp3) is 0.269. The summed E-state index contributed by atoms with van der Waals surface area (Å²) in [6, 6.07) is 15.1. The summed E-state index contributed by atoms with van der Waals surface area (Å²) in [4.78, 5) is 49.6. The van der Waals surface area contributed by atoms with Gasteiger partial charge in [0.25, 0.3) is 0 Å². The normalized spacial score (nSPS) is 11.6. The molecule has 2 aromatic carbocycles. The lowest BCUT2D eigenvalue weighted by Gasteiger charge is -2.18. The van der Waals surface area contributed by atoms with Crippen molar-refractivity contribution in [3.8, 4) is 17.0 Å². The van der Waals surface area contributed by atoms with E-state index in [1.165, 1.54) is 7.11 Å². The van der Waals surface area contributed by atoms with Crippen LogP contribution >= 0.6 is 0 Å². The number of rotatable bonds is 12. The third-order valence-electron chi connectivity index (χ3n) is 5.47. The van der Waals surface area contributed by atoms with E-state index in [0.29, 0.717) is 12.3 Å². The maximum absolute atomic E-state index is 11.3. The number of hydrogen-bond donors (Lipinski definition) is 7. The van der Waals surface area contributed by atoms with Crippen molar-refractivity contribution < 1.29 is 49.4 Å². The first-order valence-corrected chi connectivity index (χ1v) is 11.5. The van der Waals surface area contributed by atoms with Crippen molar-refractivity contribution in [3.63, 3.8) is 0 Å². The molecule has 1 aromatic heterocycles. The highest BCUT2D eigenvalue weighted by Gasteiger charge is 2.40. The van der Waals surface area contributed by atoms with Gasteiger partial charge < -0.3 is 40.6 Å². The van der Waals surface area contributed by atoms with Crippen LogP contribution < -0.4 is 10.1 Å². The van der Waals surface area contributed by atoms with Crippen LogP contribution in [0.2, 0.25) is 0 Å². The molecule has 1 unspecified atom stereocenters. The molecular formula is C26H29N3O10. The van der Waals surface area contributed by atoms with Crippen LogP contribution in [0.4, 0.5) is 0 Å². The summed E-state index contributed by atoms with van der Waals surface area (Å²) in [6.07, 6.45) is -0.401. The molecule has 0 saturated carbocycles. The molecule has 13 nitrogen and oxygen atoms in total. The fourth-order valence-electron chi connectivity index (χ4n) is 3.43. The zero-order valence-electron chi connectivity index (χ0n) is 21.1. The molecule has 0 spiro atoms. The van der Waals surface area contributed by atoms with Crippen molar-refractivity contribution in [1.29, 1.82) is 0 Å². The first-order chi connectivity index (χ1) is 18.4. The van der Waals surface area contributed by atoms with E-state index in [1.807, 2.05) is 49.5 Å². The third kappa shape index (κ3) is 8.94. The van der Waals surface area contributed by atoms with Gasteiger partial charge in [-0.2, -0.15) is 0 Å². The number of carboxylic acids is 4. The van der Waals surface area contributed by atoms with Crippen LogP contribution in [0.1, 0.15) is 47.6 Å². The number of nitrogens with zero attached hydrogens (tertiary/aromatic N) is 1. The molecule has 0 aliphatic rings. The first-order valence-electron chi connectivity index (χ1n) is 11.5. The second-order valence-corrected chi connectivity index (χ2v) is 8.46. The highest BCUT2D eigenvalue weighted by molar-refractivity contribution is 5.91. The molecule has 0 bridgehead atoms. The van der Waals surface area contributed by atoms with Crippen molar-refractivity contribution in [2.24, 2.45) is 0 Å². The largest absolute Gasteiger partial charge is 0.496 e. The fourth-order valence-corrected chi connectivity index (χ4v) is 3.43. The zero-order valence-corrected chi connectivity index (χ0v) is 21.1. The summed E-state index contributed by atoms with van der Waals surface area (Å²) in [5, 5.41) is 46.4. The van der Waals surface area contributed by atoms with Gasteiger partial charge in [0.1, 0.15) is 17.1 Å². The molecule has 7 N–H and O–H groups in total. The molecule has 0 fully saturated rings. The number of aromatic nitrogens is 2. The topological polar surface area (TPSA) is 219 Å². The van der Waals surface area contributed by atoms with Crippen molar-refractivity contribution in [1.82, 2.24) is 15.3 Å². The van der Waals surface area contributed by atoms with Gasteiger partial charge in [0.2, 0.25) is 0 Å². The minimum absolute atomic E-state index is 0.0113. The second kappa shape index (κ2) is 13.7. The van der Waals surface area contributed by atoms with E-state index in [2.05, 4.69) is 15.3 Å². The van der Waals surface area contributed by atoms with Gasteiger partial charge in [-0.25, -0.2) is 14.6 Å². The molecule has 208 valence electrons. The Morgan fingerprint density at radius 3 is 2.13 bits per heavy atom. The Hall–Kier alpha value is -4.75. The number of carboxylic acid groups (broad SMARTS) is 4. The van der Waals surface area contributed by atoms with Crippen LogP contribution in [0.5, 0.6) is 5.75 Å². The SMILES string of the molecule is COc1ccc(CNC(C)c2nc(-c3ccccc3)c[nH]2)cc1C(=O)O.O=C(O)CC(O)(CC(=O)O)C(=O)O. The maximum atomic E-state index is 11.3. The second-order valence-electron chi connectivity index (χ2n) is 8.46. The minimum Gasteiger partial charge on any atom is -0.496 e. The summed E-state index contributed by atoms with van der Waals surface area (Å²) in [5.74, 6) is -4.84. The number of benzene rings is 2. The highest BCUT2D eigenvalue weighted by atomic mass is 16.5. The van der Waals surface area contributed by atoms with E-state index in [-0.39, 0.29) is 11.6 Å². The molecular weight excluding hydrogens is 514 g/mol. The lowest BCUT2D eigenvalue weighted by molar-refractivity contribution is -0.170. The van der Waals surface area contributed by atoms with E-state index in [1.54, 1.807) is 12.1 Å². The summed E-state index contributed by atoms with van der Waals surface area (Å²) >= 11 is 0. The monoisotopic (exact) mass is 543 g/mol. The number of imidazole rings is 1. The molecule has 0 aliphatic heterocycles. The molecule has 3 rings (SSSR count). The summed E-state index contributed by atoms with van der Waals surface area (Å²) in [7, 11) is 1.46. The first kappa shape index (κ1) is 30.5. The van der Waals surface area contributed by atoms with Crippen molar-refractivity contribution >= 4 is 23.9 Å². The molecule has 3 aromatic rings. The number of H-pyrrole nitrogens is 1. The molecule has 0 amide bonds. The standard InChI is InChI=1S/C20H21N3O3.C6H8O7/c1-13(19-22-12-17(23-19)15-6-4-3-5-7-15)21-11-14-8-9-18(26-2)16(10-14)20(24)25;7-3(8)1-6(13,5(11)12)2-4(9)10/h3-10,12-13,21H,11H2,1-2H3,(H,22,23)(H,24,25);13H,1-2H2,(H,7,8)(H,9,10)(H,11,12). The van der Waals surface area contributed by atoms with Crippen LogP contribution in [0, 0.1) is 0 Å². The summed E-state index contributed by atoms with van der Waals surface area (Å²) in [5.41, 5.74) is 0.238. The van der Waals surface area contributed by atoms with Gasteiger partial charge >= 0.3 is 23.9 Å². The van der Waals surface area contributed by atoms with Crippen LogP contribution in [-0.4, -0.2) is 72.1 Å². The number of methoxy groups -OCH3 is 1. The van der Waals surface area contributed by atoms with Gasteiger partial charge in [0, 0.05) is 18.3 Å². The average molecular weight is 544 g/mol. The van der Waals surface area contributed by atoms with Crippen molar-refractivity contribution in [2.75, 3.05) is 7.11 Å². The number of carbonyl (C=O) groups is 4. The number of ether oxygens (including phenoxy) is 1. The number of hydrogen-bond acceptors (Lipinski definition) is 8. The van der Waals surface area contributed by atoms with Crippen molar-refractivity contribution in [3.05, 3.63) is 71.7 Å². The van der Waals surface area contributed by atoms with E-state index in [9.17, 15) is 24.3 Å². The van der Waals surface area contributed by atoms with Crippen LogP contribution in [0.3, 0.4) is 0 Å². The Bertz CT molecular complexity index is 1290. The molecule has 0 saturated heterocycles. The van der Waals surface area contributed by atoms with Gasteiger partial charge in [-0.05, 0) is 24.6 Å². The molecule has 13 heteroatoms. The van der Waals surface area contributed by atoms with E-state index in [4.69, 9.17) is 25.2 Å². The maximum Gasteiger partial charge on any atom is 0.339 e. The lowest BCUT2D eigenvalue weighted by Crippen LogP contribution is -2.42. The number of aliphatic hydroxyl groups is 1. The Kier molecular flexibility index (Phi) is 10.7. The zero-order chi connectivity index (χ0) is 29.2. The smallest absolute Gasteiger partial charge is 0.339 e. The number of aromatic amines is 1. The van der Waals surface area contributed by atoms with Gasteiger partial charge in [-0.15, -0.1) is 0 Å². The third-order valence-corrected chi connectivity index (χ3v) is 5.47. The van der Waals surface area contributed by atoms with Crippen molar-refractivity contribution in [2.45, 2.75) is 38.0 Å². The van der Waals surface area contributed by atoms with Gasteiger partial charge in [-0.1, -0.05) is 36.4 Å². The predicted molar refractivity (Wildman–Crippen MR) is 136 cm³/mol. The predicted octanol–water partition coefficient (Wildman–Crippen LogP) is 2.39. The summed E-state index contributed by atoms with van der Waals surface area (Å²) in [6.45, 7) is 2.53. The molecule has 0 radical (unpaired) electrons. The van der Waals surface area contributed by atoms with Gasteiger partial charge in [-0.3, -0.25) is 9.59 Å². The minimum atomic E-state index is -2.74. The Labute approximate surface area is 222 Å². The highest BCUT2D eigenvalue weighted by Crippen LogP contribution is 2.22. The van der Waals surface area contributed by atoms with E-state index >= 15 is 0 Å². The van der Waals surface area contributed by atoms with E-state index < -0.39 is 42.3 Å². The Balaban J connectivity index is 0.000000349. The molecule has 39 heavy (non-hydrogen) atoms. The molecule has 1 heterocycles. The number of aromatic carboxylic acids is 1. The molecule has 1 atom stereocenters. The van der Waals surface area contributed by atoms with Gasteiger partial charge in [0.15, 0.2) is 5.60 Å². The Morgan fingerprint density at radius 2 is 1.62 bits per heavy atom. The lowest BCUT2D eigenvalue weighted by atomic mass is 9.96. The van der Waals surface area contributed by atoms with Crippen LogP contribution in [0.15, 0.2) is 54.7 Å². The number of aliphatic carboxylic acids is 3. The summed E-state index contributed by atoms with van der Waals surface area (Å²) < 4.78 is 5.09. The quantitative estimate of drug-likeness (QED) is 0.175. The average Bonchev–Trinajstić information content (AvgIpc) is 3.37. The van der Waals surface area contributed by atoms with Crippen LogP contribution in [0.25, 0.3) is 11.3 Å². The van der Waals surface area contributed by atoms with Crippen LogP contribution in [-0.2, 0) is 20.9 Å².